The molecule has 14 heavy (non-hydrogen) atoms. The molecular weight excluding hydrogens is 174 g/mol. The Labute approximate surface area is 85.8 Å². The molecule has 3 N–H and O–H groups in total. The van der Waals surface area contributed by atoms with Crippen molar-refractivity contribution in [2.45, 2.75) is 32.2 Å². The molecule has 2 nitrogen and oxygen atoms in total. The van der Waals surface area contributed by atoms with Crippen molar-refractivity contribution in [1.82, 2.24) is 0 Å². The molecule has 1 atom stereocenters. The summed E-state index contributed by atoms with van der Waals surface area (Å²) in [4.78, 5) is 0. The van der Waals surface area contributed by atoms with Crippen LogP contribution in [-0.4, -0.2) is 11.7 Å². The first kappa shape index (κ1) is 11.2. The Morgan fingerprint density at radius 3 is 2.07 bits per heavy atom. The summed E-state index contributed by atoms with van der Waals surface area (Å²) in [6, 6.07) is 7.86. The molecule has 0 aliphatic carbocycles. The first-order valence-corrected chi connectivity index (χ1v) is 4.92. The van der Waals surface area contributed by atoms with Gasteiger partial charge in [0.05, 0.1) is 12.6 Å². The van der Waals surface area contributed by atoms with Crippen LogP contribution < -0.4 is 5.73 Å². The minimum atomic E-state index is -0.260. The second-order valence-corrected chi connectivity index (χ2v) is 4.66. The van der Waals surface area contributed by atoms with E-state index in [-0.39, 0.29) is 18.1 Å². The van der Waals surface area contributed by atoms with Gasteiger partial charge in [-0.1, -0.05) is 45.0 Å². The number of hydrogen-bond acceptors (Lipinski definition) is 2. The second-order valence-electron chi connectivity index (χ2n) is 4.66. The topological polar surface area (TPSA) is 46.2 Å². The smallest absolute Gasteiger partial charge is 0.0624 e. The zero-order valence-electron chi connectivity index (χ0n) is 9.12. The van der Waals surface area contributed by atoms with Gasteiger partial charge >= 0.3 is 0 Å². The average molecular weight is 193 g/mol. The quantitative estimate of drug-likeness (QED) is 0.754. The molecule has 0 bridgehead atoms. The van der Waals surface area contributed by atoms with Crippen LogP contribution in [0.25, 0.3) is 0 Å². The highest BCUT2D eigenvalue weighted by molar-refractivity contribution is 5.29. The Hall–Kier alpha value is -0.860. The largest absolute Gasteiger partial charge is 0.394 e. The van der Waals surface area contributed by atoms with Crippen LogP contribution in [0.15, 0.2) is 24.3 Å². The minimum absolute atomic E-state index is 0.00509. The van der Waals surface area contributed by atoms with E-state index in [2.05, 4.69) is 32.9 Å². The third-order valence-electron chi connectivity index (χ3n) is 2.40. The van der Waals surface area contributed by atoms with Crippen LogP contribution in [0, 0.1) is 0 Å². The lowest BCUT2D eigenvalue weighted by atomic mass is 9.86. The predicted molar refractivity (Wildman–Crippen MR) is 59.2 cm³/mol. The van der Waals surface area contributed by atoms with Crippen molar-refractivity contribution in [3.63, 3.8) is 0 Å². The molecule has 1 aromatic rings. The SMILES string of the molecule is CC(C)(C)c1ccc([C@@H](N)CO)cc1. The number of nitrogens with two attached hydrogens (primary N) is 1. The number of hydrogen-bond donors (Lipinski definition) is 2. The third kappa shape index (κ3) is 2.56. The minimum Gasteiger partial charge on any atom is -0.394 e. The fraction of sp³-hybridized carbons (Fsp3) is 0.500. The van der Waals surface area contributed by atoms with Crippen LogP contribution in [0.5, 0.6) is 0 Å². The van der Waals surface area contributed by atoms with Gasteiger partial charge in [0.15, 0.2) is 0 Å². The molecule has 2 heteroatoms. The van der Waals surface area contributed by atoms with Crippen LogP contribution in [0.1, 0.15) is 37.9 Å². The van der Waals surface area contributed by atoms with Crippen LogP contribution in [0.4, 0.5) is 0 Å². The highest BCUT2D eigenvalue weighted by atomic mass is 16.3. The lowest BCUT2D eigenvalue weighted by Crippen LogP contribution is -2.15. The van der Waals surface area contributed by atoms with Crippen LogP contribution >= 0.6 is 0 Å². The van der Waals surface area contributed by atoms with Gasteiger partial charge in [-0.3, -0.25) is 0 Å². The highest BCUT2D eigenvalue weighted by Crippen LogP contribution is 2.23. The summed E-state index contributed by atoms with van der Waals surface area (Å²) in [6.45, 7) is 6.52. The lowest BCUT2D eigenvalue weighted by Gasteiger charge is -2.19. The van der Waals surface area contributed by atoms with E-state index >= 15 is 0 Å². The molecule has 0 amide bonds. The van der Waals surface area contributed by atoms with Crippen LogP contribution in [0.2, 0.25) is 0 Å². The number of benzene rings is 1. The predicted octanol–water partition coefficient (Wildman–Crippen LogP) is 1.98. The van der Waals surface area contributed by atoms with E-state index in [4.69, 9.17) is 10.8 Å². The van der Waals surface area contributed by atoms with Gasteiger partial charge in [-0.25, -0.2) is 0 Å². The van der Waals surface area contributed by atoms with E-state index < -0.39 is 0 Å². The Morgan fingerprint density at radius 1 is 1.21 bits per heavy atom. The van der Waals surface area contributed by atoms with Crippen molar-refractivity contribution >= 4 is 0 Å². The fourth-order valence-corrected chi connectivity index (χ4v) is 1.34. The van der Waals surface area contributed by atoms with Gasteiger partial charge in [0, 0.05) is 0 Å². The average Bonchev–Trinajstić information content (AvgIpc) is 2.15. The van der Waals surface area contributed by atoms with Gasteiger partial charge in [-0.2, -0.15) is 0 Å². The Bertz CT molecular complexity index is 284. The maximum Gasteiger partial charge on any atom is 0.0624 e. The summed E-state index contributed by atoms with van der Waals surface area (Å²) in [5.74, 6) is 0. The Morgan fingerprint density at radius 2 is 1.71 bits per heavy atom. The molecule has 0 fully saturated rings. The van der Waals surface area contributed by atoms with Crippen molar-refractivity contribution < 1.29 is 5.11 Å². The molecule has 0 aliphatic rings. The first-order valence-electron chi connectivity index (χ1n) is 4.92. The van der Waals surface area contributed by atoms with Gasteiger partial charge in [0.1, 0.15) is 0 Å². The molecule has 0 unspecified atom stereocenters. The molecule has 0 saturated carbocycles. The summed E-state index contributed by atoms with van der Waals surface area (Å²) in [5.41, 5.74) is 8.14. The molecule has 1 rings (SSSR count). The van der Waals surface area contributed by atoms with E-state index in [1.165, 1.54) is 5.56 Å². The maximum atomic E-state index is 8.89. The summed E-state index contributed by atoms with van der Waals surface area (Å²) >= 11 is 0. The monoisotopic (exact) mass is 193 g/mol. The Balaban J connectivity index is 2.89. The Kier molecular flexibility index (Phi) is 3.29. The number of aliphatic hydroxyl groups is 1. The number of rotatable bonds is 2. The lowest BCUT2D eigenvalue weighted by molar-refractivity contribution is 0.268. The summed E-state index contributed by atoms with van der Waals surface area (Å²) in [6.07, 6.45) is 0. The molecule has 0 aliphatic heterocycles. The zero-order chi connectivity index (χ0) is 10.8. The maximum absolute atomic E-state index is 8.89. The van der Waals surface area contributed by atoms with E-state index in [9.17, 15) is 0 Å². The molecule has 0 heterocycles. The van der Waals surface area contributed by atoms with E-state index in [1.54, 1.807) is 0 Å². The molecule has 0 saturated heterocycles. The van der Waals surface area contributed by atoms with Crippen LogP contribution in [0.3, 0.4) is 0 Å². The van der Waals surface area contributed by atoms with Crippen LogP contribution in [-0.2, 0) is 5.41 Å². The van der Waals surface area contributed by atoms with Crippen molar-refractivity contribution in [2.24, 2.45) is 5.73 Å². The van der Waals surface area contributed by atoms with E-state index in [1.807, 2.05) is 12.1 Å². The molecule has 0 aromatic heterocycles. The van der Waals surface area contributed by atoms with Crippen molar-refractivity contribution in [3.05, 3.63) is 35.4 Å². The molecule has 1 aromatic carbocycles. The summed E-state index contributed by atoms with van der Waals surface area (Å²) in [5, 5.41) is 8.89. The van der Waals surface area contributed by atoms with Gasteiger partial charge in [0.2, 0.25) is 0 Å². The van der Waals surface area contributed by atoms with E-state index in [0.29, 0.717) is 0 Å². The van der Waals surface area contributed by atoms with Crippen molar-refractivity contribution in [2.75, 3.05) is 6.61 Å². The zero-order valence-corrected chi connectivity index (χ0v) is 9.12. The van der Waals surface area contributed by atoms with Gasteiger partial charge < -0.3 is 10.8 Å². The summed E-state index contributed by atoms with van der Waals surface area (Å²) < 4.78 is 0. The molecule has 0 radical (unpaired) electrons. The normalized spacial score (nSPS) is 14.1. The summed E-state index contributed by atoms with van der Waals surface area (Å²) in [7, 11) is 0. The standard InChI is InChI=1S/C12H19NO/c1-12(2,3)10-6-4-9(5-7-10)11(13)8-14/h4-7,11,14H,8,13H2,1-3H3/t11-/m0/s1. The highest BCUT2D eigenvalue weighted by Gasteiger charge is 2.13. The third-order valence-corrected chi connectivity index (χ3v) is 2.40. The van der Waals surface area contributed by atoms with Crippen molar-refractivity contribution in [1.29, 1.82) is 0 Å². The van der Waals surface area contributed by atoms with Gasteiger partial charge in [-0.05, 0) is 16.5 Å². The van der Waals surface area contributed by atoms with E-state index in [0.717, 1.165) is 5.56 Å². The molecule has 78 valence electrons. The molecular formula is C12H19NO. The van der Waals surface area contributed by atoms with Gasteiger partial charge in [0.25, 0.3) is 0 Å². The fourth-order valence-electron chi connectivity index (χ4n) is 1.34. The first-order chi connectivity index (χ1) is 6.45. The van der Waals surface area contributed by atoms with Crippen molar-refractivity contribution in [3.8, 4) is 0 Å². The second kappa shape index (κ2) is 4.11. The van der Waals surface area contributed by atoms with Gasteiger partial charge in [-0.15, -0.1) is 0 Å². The molecule has 0 spiro atoms. The number of aliphatic hydroxyl groups excluding tert-OH is 1.